The summed E-state index contributed by atoms with van der Waals surface area (Å²) in [6.45, 7) is 2.26. The Kier molecular flexibility index (Phi) is 4.02. The highest BCUT2D eigenvalue weighted by Gasteiger charge is 2.14. The topological polar surface area (TPSA) is 14.1 Å². The Bertz CT molecular complexity index is 237. The van der Waals surface area contributed by atoms with E-state index < -0.39 is 0 Å². The van der Waals surface area contributed by atoms with E-state index in [1.807, 2.05) is 11.3 Å². The number of thiophene rings is 1. The first-order chi connectivity index (χ1) is 6.95. The minimum absolute atomic E-state index is 0.914. The van der Waals surface area contributed by atoms with Gasteiger partial charge in [0.15, 0.2) is 0 Å². The smallest absolute Gasteiger partial charge is 0.0162 e. The third-order valence-corrected chi connectivity index (χ3v) is 3.72. The van der Waals surface area contributed by atoms with Gasteiger partial charge in [-0.1, -0.05) is 6.42 Å². The van der Waals surface area contributed by atoms with Crippen molar-refractivity contribution in [2.75, 3.05) is 13.1 Å². The van der Waals surface area contributed by atoms with Crippen LogP contribution in [0.25, 0.3) is 0 Å². The van der Waals surface area contributed by atoms with Gasteiger partial charge >= 0.3 is 0 Å². The van der Waals surface area contributed by atoms with Gasteiger partial charge in [-0.25, -0.2) is 5.32 Å². The minimum Gasteiger partial charge on any atom is -0.241 e. The van der Waals surface area contributed by atoms with Crippen molar-refractivity contribution in [2.24, 2.45) is 5.92 Å². The highest BCUT2D eigenvalue weighted by atomic mass is 32.1. The molecule has 14 heavy (non-hydrogen) atoms. The molecule has 2 heteroatoms. The summed E-state index contributed by atoms with van der Waals surface area (Å²) >= 11 is 1.81. The molecule has 1 fully saturated rings. The van der Waals surface area contributed by atoms with E-state index in [1.54, 1.807) is 0 Å². The van der Waals surface area contributed by atoms with Gasteiger partial charge in [-0.3, -0.25) is 0 Å². The van der Waals surface area contributed by atoms with Crippen molar-refractivity contribution in [2.45, 2.75) is 32.1 Å². The van der Waals surface area contributed by atoms with Crippen LogP contribution in [0.4, 0.5) is 0 Å². The van der Waals surface area contributed by atoms with E-state index in [2.05, 4.69) is 22.1 Å². The molecule has 2 heterocycles. The Balaban J connectivity index is 1.55. The average Bonchev–Trinajstić information content (AvgIpc) is 2.86. The van der Waals surface area contributed by atoms with Crippen LogP contribution in [0.2, 0.25) is 0 Å². The number of unbranched alkanes of at least 4 members (excludes halogenated alkanes) is 1. The molecular formula is C12H18NS. The number of nitrogens with zero attached hydrogens (tertiary/aromatic N) is 1. The number of aryl methyl sites for hydroxylation is 1. The van der Waals surface area contributed by atoms with Crippen LogP contribution >= 0.6 is 11.3 Å². The maximum Gasteiger partial charge on any atom is 0.0162 e. The van der Waals surface area contributed by atoms with Crippen LogP contribution in [-0.4, -0.2) is 13.1 Å². The summed E-state index contributed by atoms with van der Waals surface area (Å²) in [7, 11) is 0. The molecule has 77 valence electrons. The molecule has 0 aromatic carbocycles. The van der Waals surface area contributed by atoms with Crippen molar-refractivity contribution in [3.8, 4) is 0 Å². The lowest BCUT2D eigenvalue weighted by Crippen LogP contribution is -2.02. The van der Waals surface area contributed by atoms with Crippen molar-refractivity contribution < 1.29 is 0 Å². The summed E-state index contributed by atoms with van der Waals surface area (Å²) < 4.78 is 0. The normalized spacial score (nSPS) is 21.6. The van der Waals surface area contributed by atoms with E-state index in [9.17, 15) is 0 Å². The fourth-order valence-corrected chi connectivity index (χ4v) is 2.77. The molecule has 1 aromatic rings. The van der Waals surface area contributed by atoms with Gasteiger partial charge in [0.05, 0.1) is 0 Å². The SMILES string of the molecule is c1cc(CCCCC2CC[N]C2)cs1. The lowest BCUT2D eigenvalue weighted by Gasteiger charge is -2.06. The quantitative estimate of drug-likeness (QED) is 0.660. The van der Waals surface area contributed by atoms with E-state index in [-0.39, 0.29) is 0 Å². The van der Waals surface area contributed by atoms with Crippen molar-refractivity contribution in [3.63, 3.8) is 0 Å². The number of rotatable bonds is 5. The molecule has 1 unspecified atom stereocenters. The molecule has 0 aliphatic carbocycles. The Labute approximate surface area is 90.5 Å². The van der Waals surface area contributed by atoms with E-state index in [0.29, 0.717) is 0 Å². The summed E-state index contributed by atoms with van der Waals surface area (Å²) in [4.78, 5) is 0. The van der Waals surface area contributed by atoms with Crippen LogP contribution in [0.3, 0.4) is 0 Å². The molecule has 1 aliphatic heterocycles. The monoisotopic (exact) mass is 208 g/mol. The van der Waals surface area contributed by atoms with Gasteiger partial charge in [-0.05, 0) is 54.0 Å². The molecule has 0 saturated carbocycles. The third kappa shape index (κ3) is 3.10. The van der Waals surface area contributed by atoms with Gasteiger partial charge < -0.3 is 0 Å². The van der Waals surface area contributed by atoms with Crippen LogP contribution in [-0.2, 0) is 6.42 Å². The molecular weight excluding hydrogens is 190 g/mol. The van der Waals surface area contributed by atoms with E-state index in [1.165, 1.54) is 37.7 Å². The van der Waals surface area contributed by atoms with Crippen molar-refractivity contribution >= 4 is 11.3 Å². The predicted molar refractivity (Wildman–Crippen MR) is 61.8 cm³/mol. The largest absolute Gasteiger partial charge is 0.241 e. The van der Waals surface area contributed by atoms with E-state index in [4.69, 9.17) is 0 Å². The van der Waals surface area contributed by atoms with Gasteiger partial charge in [0.2, 0.25) is 0 Å². The second kappa shape index (κ2) is 5.52. The molecule has 0 bridgehead atoms. The minimum atomic E-state index is 0.914. The fraction of sp³-hybridized carbons (Fsp3) is 0.667. The lowest BCUT2D eigenvalue weighted by atomic mass is 10.00. The highest BCUT2D eigenvalue weighted by Crippen LogP contribution is 2.18. The molecule has 1 aliphatic rings. The average molecular weight is 208 g/mol. The second-order valence-electron chi connectivity index (χ2n) is 4.16. The van der Waals surface area contributed by atoms with Crippen molar-refractivity contribution in [3.05, 3.63) is 22.4 Å². The zero-order valence-corrected chi connectivity index (χ0v) is 9.43. The van der Waals surface area contributed by atoms with Gasteiger partial charge in [0, 0.05) is 13.1 Å². The summed E-state index contributed by atoms with van der Waals surface area (Å²) in [6, 6.07) is 2.25. The molecule has 0 N–H and O–H groups in total. The van der Waals surface area contributed by atoms with E-state index in [0.717, 1.165) is 19.0 Å². The van der Waals surface area contributed by atoms with Crippen LogP contribution in [0, 0.1) is 5.92 Å². The standard InChI is InChI=1S/C12H18NS/c1(3-11-5-7-13-9-11)2-4-12-6-8-14-10-12/h6,8,10-11H,1-5,7,9H2. The molecule has 1 nitrogen and oxygen atoms in total. The van der Waals surface area contributed by atoms with Gasteiger partial charge in [-0.15, -0.1) is 0 Å². The Morgan fingerprint density at radius 2 is 2.43 bits per heavy atom. The predicted octanol–water partition coefficient (Wildman–Crippen LogP) is 3.09. The van der Waals surface area contributed by atoms with E-state index >= 15 is 0 Å². The summed E-state index contributed by atoms with van der Waals surface area (Å²) in [5.74, 6) is 0.914. The third-order valence-electron chi connectivity index (χ3n) is 2.99. The molecule has 1 atom stereocenters. The van der Waals surface area contributed by atoms with Gasteiger partial charge in [-0.2, -0.15) is 11.3 Å². The molecule has 1 saturated heterocycles. The number of hydrogen-bond donors (Lipinski definition) is 0. The van der Waals surface area contributed by atoms with Gasteiger partial charge in [0.1, 0.15) is 0 Å². The lowest BCUT2D eigenvalue weighted by molar-refractivity contribution is 0.497. The van der Waals surface area contributed by atoms with Crippen LogP contribution in [0.5, 0.6) is 0 Å². The Morgan fingerprint density at radius 3 is 3.14 bits per heavy atom. The maximum absolute atomic E-state index is 4.40. The summed E-state index contributed by atoms with van der Waals surface area (Å²) in [5, 5.41) is 8.84. The molecule has 1 radical (unpaired) electrons. The molecule has 2 rings (SSSR count). The van der Waals surface area contributed by atoms with Crippen LogP contribution < -0.4 is 5.32 Å². The number of hydrogen-bond acceptors (Lipinski definition) is 1. The zero-order valence-electron chi connectivity index (χ0n) is 8.61. The fourth-order valence-electron chi connectivity index (χ4n) is 2.07. The molecule has 0 amide bonds. The Hall–Kier alpha value is -0.340. The summed E-state index contributed by atoms with van der Waals surface area (Å²) in [5.41, 5.74) is 1.52. The van der Waals surface area contributed by atoms with Crippen LogP contribution in [0.1, 0.15) is 31.2 Å². The maximum atomic E-state index is 4.40. The van der Waals surface area contributed by atoms with Gasteiger partial charge in [0.25, 0.3) is 0 Å². The first-order valence-corrected chi connectivity index (χ1v) is 6.54. The first-order valence-electron chi connectivity index (χ1n) is 5.59. The van der Waals surface area contributed by atoms with Crippen LogP contribution in [0.15, 0.2) is 16.8 Å². The van der Waals surface area contributed by atoms with Crippen molar-refractivity contribution in [1.29, 1.82) is 0 Å². The van der Waals surface area contributed by atoms with Crippen molar-refractivity contribution in [1.82, 2.24) is 5.32 Å². The first kappa shape index (κ1) is 10.2. The molecule has 0 spiro atoms. The second-order valence-corrected chi connectivity index (χ2v) is 4.94. The highest BCUT2D eigenvalue weighted by molar-refractivity contribution is 7.07. The summed E-state index contributed by atoms with van der Waals surface area (Å²) in [6.07, 6.45) is 6.75. The zero-order chi connectivity index (χ0) is 9.64. The Morgan fingerprint density at radius 1 is 1.43 bits per heavy atom. The molecule has 1 aromatic heterocycles.